The molecule has 1 fully saturated rings. The zero-order valence-electron chi connectivity index (χ0n) is 10.8. The van der Waals surface area contributed by atoms with Crippen LogP contribution in [0, 0.1) is 0 Å². The fourth-order valence-electron chi connectivity index (χ4n) is 2.41. The molecule has 1 aliphatic carbocycles. The SMILES string of the molecule is CNCc1nnc(N(C)C2CCCCCC2)o1. The molecule has 1 aromatic heterocycles. The largest absolute Gasteiger partial charge is 0.407 e. The Morgan fingerprint density at radius 2 is 1.94 bits per heavy atom. The maximum atomic E-state index is 5.62. The van der Waals surface area contributed by atoms with Gasteiger partial charge in [0.05, 0.1) is 6.54 Å². The van der Waals surface area contributed by atoms with Crippen LogP contribution in [0.3, 0.4) is 0 Å². The second-order valence-corrected chi connectivity index (χ2v) is 4.76. The van der Waals surface area contributed by atoms with Crippen LogP contribution in [0.1, 0.15) is 44.4 Å². The lowest BCUT2D eigenvalue weighted by atomic mass is 10.1. The first-order valence-corrected chi connectivity index (χ1v) is 6.51. The van der Waals surface area contributed by atoms with Crippen LogP contribution < -0.4 is 10.2 Å². The van der Waals surface area contributed by atoms with Gasteiger partial charge in [-0.3, -0.25) is 0 Å². The number of nitrogens with zero attached hydrogens (tertiary/aromatic N) is 3. The Balaban J connectivity index is 1.98. The van der Waals surface area contributed by atoms with Crippen molar-refractivity contribution in [3.05, 3.63) is 5.89 Å². The van der Waals surface area contributed by atoms with Crippen molar-refractivity contribution in [3.63, 3.8) is 0 Å². The lowest BCUT2D eigenvalue weighted by Crippen LogP contribution is -2.31. The summed E-state index contributed by atoms with van der Waals surface area (Å²) in [6, 6.07) is 1.21. The van der Waals surface area contributed by atoms with Crippen LogP contribution >= 0.6 is 0 Å². The lowest BCUT2D eigenvalue weighted by Gasteiger charge is -2.24. The molecule has 1 heterocycles. The van der Waals surface area contributed by atoms with Crippen molar-refractivity contribution in [1.82, 2.24) is 15.5 Å². The van der Waals surface area contributed by atoms with E-state index in [9.17, 15) is 0 Å². The number of aromatic nitrogens is 2. The smallest absolute Gasteiger partial charge is 0.318 e. The Kier molecular flexibility index (Phi) is 4.36. The fourth-order valence-corrected chi connectivity index (χ4v) is 2.41. The summed E-state index contributed by atoms with van der Waals surface area (Å²) < 4.78 is 5.62. The van der Waals surface area contributed by atoms with Gasteiger partial charge in [-0.2, -0.15) is 0 Å². The van der Waals surface area contributed by atoms with Crippen LogP contribution in [0.4, 0.5) is 6.01 Å². The molecule has 0 amide bonds. The standard InChI is InChI=1S/C12H22N4O/c1-13-9-11-14-15-12(17-11)16(2)10-7-5-3-4-6-8-10/h10,13H,3-9H2,1-2H3. The van der Waals surface area contributed by atoms with Crippen LogP contribution in [0.25, 0.3) is 0 Å². The molecule has 17 heavy (non-hydrogen) atoms. The molecule has 0 unspecified atom stereocenters. The monoisotopic (exact) mass is 238 g/mol. The van der Waals surface area contributed by atoms with Gasteiger partial charge in [-0.05, 0) is 19.9 Å². The molecule has 0 spiro atoms. The summed E-state index contributed by atoms with van der Waals surface area (Å²) in [5.74, 6) is 0.656. The average molecular weight is 238 g/mol. The molecule has 0 saturated heterocycles. The molecule has 0 radical (unpaired) electrons. The van der Waals surface area contributed by atoms with E-state index in [1.807, 2.05) is 7.05 Å². The summed E-state index contributed by atoms with van der Waals surface area (Å²) in [5.41, 5.74) is 0. The second-order valence-electron chi connectivity index (χ2n) is 4.76. The van der Waals surface area contributed by atoms with Crippen LogP contribution in [0.15, 0.2) is 4.42 Å². The number of rotatable bonds is 4. The zero-order chi connectivity index (χ0) is 12.1. The van der Waals surface area contributed by atoms with Gasteiger partial charge in [0.1, 0.15) is 0 Å². The third kappa shape index (κ3) is 3.19. The maximum Gasteiger partial charge on any atom is 0.318 e. The first-order valence-electron chi connectivity index (χ1n) is 6.51. The van der Waals surface area contributed by atoms with Crippen molar-refractivity contribution in [2.45, 2.75) is 51.1 Å². The minimum Gasteiger partial charge on any atom is -0.407 e. The van der Waals surface area contributed by atoms with Gasteiger partial charge in [-0.1, -0.05) is 30.8 Å². The molecule has 2 rings (SSSR count). The molecule has 1 N–H and O–H groups in total. The minimum atomic E-state index is 0.556. The summed E-state index contributed by atoms with van der Waals surface area (Å²) in [6.45, 7) is 0.630. The molecule has 0 aliphatic heterocycles. The summed E-state index contributed by atoms with van der Waals surface area (Å²) in [5, 5.41) is 11.1. The molecule has 1 saturated carbocycles. The molecule has 96 valence electrons. The molecule has 1 aromatic rings. The van der Waals surface area contributed by atoms with Crippen molar-refractivity contribution < 1.29 is 4.42 Å². The molecule has 0 bridgehead atoms. The van der Waals surface area contributed by atoms with E-state index in [1.165, 1.54) is 38.5 Å². The Labute approximate surface area is 103 Å². The van der Waals surface area contributed by atoms with Gasteiger partial charge >= 0.3 is 6.01 Å². The average Bonchev–Trinajstić information content (AvgIpc) is 2.64. The van der Waals surface area contributed by atoms with E-state index in [2.05, 4.69) is 27.5 Å². The molecular weight excluding hydrogens is 216 g/mol. The number of anilines is 1. The van der Waals surface area contributed by atoms with E-state index in [-0.39, 0.29) is 0 Å². The topological polar surface area (TPSA) is 54.2 Å². The highest BCUT2D eigenvalue weighted by Crippen LogP contribution is 2.24. The first-order chi connectivity index (χ1) is 8.31. The van der Waals surface area contributed by atoms with E-state index >= 15 is 0 Å². The van der Waals surface area contributed by atoms with Gasteiger partial charge in [0, 0.05) is 13.1 Å². The molecule has 5 nitrogen and oxygen atoms in total. The Morgan fingerprint density at radius 3 is 2.59 bits per heavy atom. The van der Waals surface area contributed by atoms with Crippen LogP contribution in [0.2, 0.25) is 0 Å². The van der Waals surface area contributed by atoms with Gasteiger partial charge < -0.3 is 14.6 Å². The van der Waals surface area contributed by atoms with Gasteiger partial charge in [-0.15, -0.1) is 5.10 Å². The van der Waals surface area contributed by atoms with E-state index in [0.29, 0.717) is 24.5 Å². The van der Waals surface area contributed by atoms with E-state index < -0.39 is 0 Å². The fraction of sp³-hybridized carbons (Fsp3) is 0.833. The molecule has 5 heteroatoms. The quantitative estimate of drug-likeness (QED) is 0.812. The maximum absolute atomic E-state index is 5.62. The van der Waals surface area contributed by atoms with E-state index in [0.717, 1.165) is 0 Å². The Hall–Kier alpha value is -1.10. The van der Waals surface area contributed by atoms with E-state index in [1.54, 1.807) is 0 Å². The predicted octanol–water partition coefficient (Wildman–Crippen LogP) is 1.95. The summed E-state index contributed by atoms with van der Waals surface area (Å²) in [7, 11) is 3.94. The summed E-state index contributed by atoms with van der Waals surface area (Å²) in [6.07, 6.45) is 7.82. The van der Waals surface area contributed by atoms with Crippen LogP contribution in [-0.2, 0) is 6.54 Å². The normalized spacial score (nSPS) is 18.0. The second kappa shape index (κ2) is 6.00. The van der Waals surface area contributed by atoms with Crippen molar-refractivity contribution in [2.75, 3.05) is 19.0 Å². The number of nitrogens with one attached hydrogen (secondary N) is 1. The van der Waals surface area contributed by atoms with Gasteiger partial charge in [0.25, 0.3) is 0 Å². The summed E-state index contributed by atoms with van der Waals surface area (Å²) >= 11 is 0. The van der Waals surface area contributed by atoms with Crippen LogP contribution in [0.5, 0.6) is 0 Å². The molecule has 0 aromatic carbocycles. The Bertz CT molecular complexity index is 331. The van der Waals surface area contributed by atoms with Gasteiger partial charge in [0.15, 0.2) is 0 Å². The third-order valence-corrected chi connectivity index (χ3v) is 3.46. The van der Waals surface area contributed by atoms with Crippen molar-refractivity contribution in [3.8, 4) is 0 Å². The third-order valence-electron chi connectivity index (χ3n) is 3.46. The zero-order valence-corrected chi connectivity index (χ0v) is 10.8. The van der Waals surface area contributed by atoms with Crippen molar-refractivity contribution in [2.24, 2.45) is 0 Å². The summed E-state index contributed by atoms with van der Waals surface area (Å²) in [4.78, 5) is 2.15. The van der Waals surface area contributed by atoms with E-state index in [4.69, 9.17) is 4.42 Å². The highest BCUT2D eigenvalue weighted by molar-refractivity contribution is 5.24. The number of hydrogen-bond donors (Lipinski definition) is 1. The van der Waals surface area contributed by atoms with Crippen LogP contribution in [-0.4, -0.2) is 30.3 Å². The minimum absolute atomic E-state index is 0.556. The number of hydrogen-bond acceptors (Lipinski definition) is 5. The van der Waals surface area contributed by atoms with Gasteiger partial charge in [0.2, 0.25) is 5.89 Å². The van der Waals surface area contributed by atoms with Crippen molar-refractivity contribution in [1.29, 1.82) is 0 Å². The first kappa shape index (κ1) is 12.4. The molecule has 1 aliphatic rings. The predicted molar refractivity (Wildman–Crippen MR) is 67.0 cm³/mol. The van der Waals surface area contributed by atoms with Crippen molar-refractivity contribution >= 4 is 6.01 Å². The van der Waals surface area contributed by atoms with Gasteiger partial charge in [-0.25, -0.2) is 0 Å². The highest BCUT2D eigenvalue weighted by Gasteiger charge is 2.21. The highest BCUT2D eigenvalue weighted by atomic mass is 16.4. The molecule has 0 atom stereocenters. The lowest BCUT2D eigenvalue weighted by molar-refractivity contribution is 0.448. The Morgan fingerprint density at radius 1 is 1.24 bits per heavy atom. The molecular formula is C12H22N4O.